The third-order valence-corrected chi connectivity index (χ3v) is 3.12. The van der Waals surface area contributed by atoms with Gasteiger partial charge in [0.15, 0.2) is 6.33 Å². The predicted octanol–water partition coefficient (Wildman–Crippen LogP) is 4.26. The molecule has 0 atom stereocenters. The molecule has 19 heavy (non-hydrogen) atoms. The van der Waals surface area contributed by atoms with Crippen LogP contribution >= 0.6 is 11.6 Å². The molecular formula is C16H10ClN2. The molecule has 0 aliphatic heterocycles. The second-order valence-corrected chi connectivity index (χ2v) is 4.54. The molecule has 0 aliphatic carbocycles. The van der Waals surface area contributed by atoms with Gasteiger partial charge in [0.25, 0.3) is 0 Å². The highest BCUT2D eigenvalue weighted by atomic mass is 35.5. The molecule has 3 heteroatoms. The quantitative estimate of drug-likeness (QED) is 0.692. The highest BCUT2D eigenvalue weighted by Gasteiger charge is 2.08. The van der Waals surface area contributed by atoms with Gasteiger partial charge in [-0.05, 0) is 17.7 Å². The van der Waals surface area contributed by atoms with Crippen LogP contribution in [0.25, 0.3) is 22.4 Å². The van der Waals surface area contributed by atoms with E-state index in [1.165, 1.54) is 0 Å². The van der Waals surface area contributed by atoms with Gasteiger partial charge in [-0.25, -0.2) is 9.97 Å². The Hall–Kier alpha value is -2.19. The standard InChI is InChI=1S/C16H10ClN2/c17-14-8-6-12(7-9-14)15-10-18-11-19-16(15)13-4-2-1-3-5-13/h1-10H. The van der Waals surface area contributed by atoms with Crippen molar-refractivity contribution in [2.24, 2.45) is 0 Å². The van der Waals surface area contributed by atoms with Gasteiger partial charge in [-0.2, -0.15) is 0 Å². The fourth-order valence-electron chi connectivity index (χ4n) is 1.95. The first-order chi connectivity index (χ1) is 9.34. The number of rotatable bonds is 2. The molecule has 0 saturated carbocycles. The molecule has 0 aliphatic rings. The van der Waals surface area contributed by atoms with Gasteiger partial charge in [0.1, 0.15) is 0 Å². The summed E-state index contributed by atoms with van der Waals surface area (Å²) >= 11 is 5.92. The van der Waals surface area contributed by atoms with Crippen molar-refractivity contribution in [3.05, 3.63) is 72.1 Å². The Morgan fingerprint density at radius 3 is 2.32 bits per heavy atom. The first-order valence-electron chi connectivity index (χ1n) is 5.89. The van der Waals surface area contributed by atoms with Crippen molar-refractivity contribution in [3.63, 3.8) is 0 Å². The summed E-state index contributed by atoms with van der Waals surface area (Å²) in [5.41, 5.74) is 3.93. The van der Waals surface area contributed by atoms with E-state index in [1.54, 1.807) is 6.20 Å². The van der Waals surface area contributed by atoms with Crippen LogP contribution in [0.5, 0.6) is 0 Å². The number of hydrogen-bond acceptors (Lipinski definition) is 2. The molecule has 2 aromatic carbocycles. The molecule has 1 aromatic heterocycles. The van der Waals surface area contributed by atoms with Crippen molar-refractivity contribution in [2.45, 2.75) is 0 Å². The minimum Gasteiger partial charge on any atom is -0.233 e. The van der Waals surface area contributed by atoms with E-state index in [4.69, 9.17) is 11.6 Å². The molecule has 0 N–H and O–H groups in total. The largest absolute Gasteiger partial charge is 0.233 e. The summed E-state index contributed by atoms with van der Waals surface area (Å²) in [5.74, 6) is 0. The summed E-state index contributed by atoms with van der Waals surface area (Å²) in [6.45, 7) is 0. The molecule has 0 bridgehead atoms. The monoisotopic (exact) mass is 265 g/mol. The van der Waals surface area contributed by atoms with E-state index in [1.807, 2.05) is 54.6 Å². The molecule has 91 valence electrons. The van der Waals surface area contributed by atoms with E-state index in [0.717, 1.165) is 22.4 Å². The molecule has 0 amide bonds. The zero-order valence-electron chi connectivity index (χ0n) is 10.0. The topological polar surface area (TPSA) is 25.8 Å². The number of aromatic nitrogens is 2. The predicted molar refractivity (Wildman–Crippen MR) is 76.8 cm³/mol. The molecule has 1 heterocycles. The number of halogens is 1. The average molecular weight is 266 g/mol. The fourth-order valence-corrected chi connectivity index (χ4v) is 2.08. The van der Waals surface area contributed by atoms with E-state index in [0.29, 0.717) is 5.02 Å². The SMILES string of the molecule is Clc1ccc(-c2cn[c]nc2-c2ccccc2)cc1. The summed E-state index contributed by atoms with van der Waals surface area (Å²) in [5, 5.41) is 0.716. The Balaban J connectivity index is 2.15. The molecule has 3 aromatic rings. The summed E-state index contributed by atoms with van der Waals surface area (Å²) in [6.07, 6.45) is 4.43. The molecule has 3 rings (SSSR count). The lowest BCUT2D eigenvalue weighted by Gasteiger charge is -2.07. The second kappa shape index (κ2) is 5.21. The maximum atomic E-state index is 5.92. The van der Waals surface area contributed by atoms with Crippen LogP contribution in [0.3, 0.4) is 0 Å². The van der Waals surface area contributed by atoms with Crippen molar-refractivity contribution in [1.82, 2.24) is 9.97 Å². The molecule has 0 unspecified atom stereocenters. The van der Waals surface area contributed by atoms with E-state index in [9.17, 15) is 0 Å². The van der Waals surface area contributed by atoms with Crippen molar-refractivity contribution in [1.29, 1.82) is 0 Å². The zero-order valence-corrected chi connectivity index (χ0v) is 10.8. The first kappa shape index (κ1) is 11.9. The fraction of sp³-hybridized carbons (Fsp3) is 0. The minimum absolute atomic E-state index is 0.716. The van der Waals surface area contributed by atoms with E-state index in [2.05, 4.69) is 16.3 Å². The van der Waals surface area contributed by atoms with Crippen molar-refractivity contribution in [3.8, 4) is 22.4 Å². The highest BCUT2D eigenvalue weighted by molar-refractivity contribution is 6.30. The van der Waals surface area contributed by atoms with E-state index < -0.39 is 0 Å². The van der Waals surface area contributed by atoms with Crippen molar-refractivity contribution >= 4 is 11.6 Å². The molecule has 2 nitrogen and oxygen atoms in total. The van der Waals surface area contributed by atoms with Gasteiger partial charge in [-0.1, -0.05) is 54.1 Å². The van der Waals surface area contributed by atoms with Gasteiger partial charge >= 0.3 is 0 Å². The average Bonchev–Trinajstić information content (AvgIpc) is 2.49. The Bertz CT molecular complexity index is 679. The molecule has 0 saturated heterocycles. The third kappa shape index (κ3) is 2.49. The van der Waals surface area contributed by atoms with E-state index >= 15 is 0 Å². The number of hydrogen-bond donors (Lipinski definition) is 0. The Morgan fingerprint density at radius 1 is 0.842 bits per heavy atom. The molecule has 0 fully saturated rings. The first-order valence-corrected chi connectivity index (χ1v) is 6.27. The summed E-state index contributed by atoms with van der Waals surface area (Å²) in [4.78, 5) is 8.28. The zero-order chi connectivity index (χ0) is 13.1. The van der Waals surface area contributed by atoms with Crippen LogP contribution in [0, 0.1) is 6.33 Å². The van der Waals surface area contributed by atoms with Crippen LogP contribution in [0.1, 0.15) is 0 Å². The lowest BCUT2D eigenvalue weighted by Crippen LogP contribution is -1.90. The van der Waals surface area contributed by atoms with Gasteiger partial charge in [0.05, 0.1) is 5.69 Å². The van der Waals surface area contributed by atoms with Crippen LogP contribution in [-0.4, -0.2) is 9.97 Å². The Kier molecular flexibility index (Phi) is 3.25. The maximum absolute atomic E-state index is 5.92. The lowest BCUT2D eigenvalue weighted by molar-refractivity contribution is 1.16. The van der Waals surface area contributed by atoms with Crippen molar-refractivity contribution in [2.75, 3.05) is 0 Å². The summed E-state index contributed by atoms with van der Waals surface area (Å²) < 4.78 is 0. The lowest BCUT2D eigenvalue weighted by atomic mass is 10.0. The van der Waals surface area contributed by atoms with Gasteiger partial charge < -0.3 is 0 Å². The Morgan fingerprint density at radius 2 is 1.58 bits per heavy atom. The normalized spacial score (nSPS) is 10.4. The van der Waals surface area contributed by atoms with Crippen LogP contribution in [0.4, 0.5) is 0 Å². The highest BCUT2D eigenvalue weighted by Crippen LogP contribution is 2.29. The second-order valence-electron chi connectivity index (χ2n) is 4.11. The number of nitrogens with zero attached hydrogens (tertiary/aromatic N) is 2. The van der Waals surface area contributed by atoms with Gasteiger partial charge in [-0.3, -0.25) is 0 Å². The molecular weight excluding hydrogens is 256 g/mol. The number of benzene rings is 2. The van der Waals surface area contributed by atoms with Crippen LogP contribution in [-0.2, 0) is 0 Å². The van der Waals surface area contributed by atoms with Crippen molar-refractivity contribution < 1.29 is 0 Å². The maximum Gasteiger partial charge on any atom is 0.198 e. The van der Waals surface area contributed by atoms with Gasteiger partial charge in [-0.15, -0.1) is 0 Å². The van der Waals surface area contributed by atoms with Crippen LogP contribution in [0.15, 0.2) is 60.8 Å². The smallest absolute Gasteiger partial charge is 0.198 e. The summed E-state index contributed by atoms with van der Waals surface area (Å²) in [6, 6.07) is 17.7. The van der Waals surface area contributed by atoms with Crippen LogP contribution in [0.2, 0.25) is 5.02 Å². The van der Waals surface area contributed by atoms with Crippen LogP contribution < -0.4 is 0 Å². The van der Waals surface area contributed by atoms with E-state index in [-0.39, 0.29) is 0 Å². The van der Waals surface area contributed by atoms with Gasteiger partial charge in [0, 0.05) is 22.3 Å². The summed E-state index contributed by atoms with van der Waals surface area (Å²) in [7, 11) is 0. The molecule has 1 radical (unpaired) electrons. The third-order valence-electron chi connectivity index (χ3n) is 2.87. The Labute approximate surface area is 116 Å². The minimum atomic E-state index is 0.716. The van der Waals surface area contributed by atoms with Gasteiger partial charge in [0.2, 0.25) is 0 Å². The molecule has 0 spiro atoms.